The monoisotopic (exact) mass is 414 g/mol. The van der Waals surface area contributed by atoms with Crippen LogP contribution in [0.25, 0.3) is 10.9 Å². The molecule has 3 aliphatic rings. The smallest absolute Gasteiger partial charge is 0.329 e. The molecule has 0 spiro atoms. The lowest BCUT2D eigenvalue weighted by Gasteiger charge is -2.26. The summed E-state index contributed by atoms with van der Waals surface area (Å²) < 4.78 is 23.0. The van der Waals surface area contributed by atoms with Gasteiger partial charge in [-0.25, -0.2) is 9.18 Å². The maximum atomic E-state index is 15.7. The topological polar surface area (TPSA) is 93.3 Å². The molecule has 1 saturated carbocycles. The van der Waals surface area contributed by atoms with Crippen molar-refractivity contribution in [1.82, 2.24) is 9.55 Å². The standard InChI is InChI=1S/C22H27FN4O3/c1-11-16-18(27(13-7-8-13)22(29)25-21(16)28)20(30-2)19(17(11)23)26-9-12-5-3-4-6-15(24)14(12)10-26/h3,5,12-15H,4,6-10,24H2,1-2H3,(H,25,28,29). The molecule has 1 saturated heterocycles. The molecular formula is C22H27FN4O3. The fraction of sp³-hybridized carbons (Fsp3) is 0.545. The van der Waals surface area contributed by atoms with Crippen molar-refractivity contribution < 1.29 is 9.13 Å². The van der Waals surface area contributed by atoms with Crippen LogP contribution in [-0.2, 0) is 0 Å². The van der Waals surface area contributed by atoms with Crippen molar-refractivity contribution >= 4 is 16.6 Å². The van der Waals surface area contributed by atoms with Crippen LogP contribution in [-0.4, -0.2) is 35.8 Å². The van der Waals surface area contributed by atoms with Gasteiger partial charge in [-0.05, 0) is 38.5 Å². The van der Waals surface area contributed by atoms with Crippen molar-refractivity contribution in [3.63, 3.8) is 0 Å². The summed E-state index contributed by atoms with van der Waals surface area (Å²) in [6, 6.07) is 0.0580. The van der Waals surface area contributed by atoms with Gasteiger partial charge in [0.2, 0.25) is 0 Å². The molecule has 7 nitrogen and oxygen atoms in total. The summed E-state index contributed by atoms with van der Waals surface area (Å²) in [5.74, 6) is 0.262. The molecule has 0 radical (unpaired) electrons. The zero-order valence-electron chi connectivity index (χ0n) is 17.3. The zero-order valence-corrected chi connectivity index (χ0v) is 17.3. The maximum absolute atomic E-state index is 15.7. The molecule has 3 unspecified atom stereocenters. The number of hydrogen-bond donors (Lipinski definition) is 2. The van der Waals surface area contributed by atoms with Gasteiger partial charge in [-0.1, -0.05) is 12.2 Å². The van der Waals surface area contributed by atoms with Gasteiger partial charge in [-0.3, -0.25) is 14.3 Å². The summed E-state index contributed by atoms with van der Waals surface area (Å²) >= 11 is 0. The van der Waals surface area contributed by atoms with Crippen molar-refractivity contribution in [2.45, 2.75) is 44.7 Å². The largest absolute Gasteiger partial charge is 0.492 e. The first-order valence-electron chi connectivity index (χ1n) is 10.6. The van der Waals surface area contributed by atoms with Crippen LogP contribution in [0, 0.1) is 24.6 Å². The Bertz CT molecular complexity index is 1160. The second kappa shape index (κ2) is 6.97. The summed E-state index contributed by atoms with van der Waals surface area (Å²) in [4.78, 5) is 29.6. The van der Waals surface area contributed by atoms with Crippen LogP contribution < -0.4 is 26.6 Å². The minimum absolute atomic E-state index is 0.00416. The predicted molar refractivity (Wildman–Crippen MR) is 114 cm³/mol. The SMILES string of the molecule is COc1c(N2CC3C=CCCC(N)C3C2)c(F)c(C)c2c(=O)[nH]c(=O)n(C3CC3)c12. The predicted octanol–water partition coefficient (Wildman–Crippen LogP) is 2.21. The number of methoxy groups -OCH3 is 1. The Morgan fingerprint density at radius 1 is 1.23 bits per heavy atom. The molecule has 2 heterocycles. The first-order valence-corrected chi connectivity index (χ1v) is 10.6. The normalized spacial score (nSPS) is 26.1. The van der Waals surface area contributed by atoms with Gasteiger partial charge in [0, 0.05) is 36.7 Å². The third kappa shape index (κ3) is 2.80. The molecule has 8 heteroatoms. The second-order valence-corrected chi connectivity index (χ2v) is 8.81. The summed E-state index contributed by atoms with van der Waals surface area (Å²) in [5.41, 5.74) is 6.34. The number of H-pyrrole nitrogens is 1. The lowest BCUT2D eigenvalue weighted by molar-refractivity contribution is 0.392. The van der Waals surface area contributed by atoms with E-state index in [-0.39, 0.29) is 40.6 Å². The molecule has 1 aliphatic heterocycles. The van der Waals surface area contributed by atoms with Crippen molar-refractivity contribution in [3.05, 3.63) is 44.4 Å². The van der Waals surface area contributed by atoms with E-state index in [1.165, 1.54) is 7.11 Å². The van der Waals surface area contributed by atoms with Crippen molar-refractivity contribution in [2.24, 2.45) is 17.6 Å². The van der Waals surface area contributed by atoms with Crippen LogP contribution in [0.2, 0.25) is 0 Å². The van der Waals surface area contributed by atoms with Crippen LogP contribution in [0.3, 0.4) is 0 Å². The van der Waals surface area contributed by atoms with Gasteiger partial charge >= 0.3 is 5.69 Å². The quantitative estimate of drug-likeness (QED) is 0.751. The number of ether oxygens (including phenoxy) is 1. The molecule has 2 aliphatic carbocycles. The number of halogens is 1. The summed E-state index contributed by atoms with van der Waals surface area (Å²) in [5, 5.41) is 0.185. The van der Waals surface area contributed by atoms with Gasteiger partial charge in [-0.2, -0.15) is 0 Å². The molecule has 160 valence electrons. The number of hydrogen-bond acceptors (Lipinski definition) is 5. The van der Waals surface area contributed by atoms with E-state index < -0.39 is 17.1 Å². The molecule has 0 amide bonds. The van der Waals surface area contributed by atoms with E-state index in [9.17, 15) is 9.59 Å². The molecule has 5 rings (SSSR count). The van der Waals surface area contributed by atoms with E-state index in [0.29, 0.717) is 24.3 Å². The average molecular weight is 414 g/mol. The number of aryl methyl sites for hydroxylation is 1. The first-order chi connectivity index (χ1) is 14.4. The zero-order chi connectivity index (χ0) is 21.2. The Morgan fingerprint density at radius 3 is 2.70 bits per heavy atom. The third-order valence-electron chi connectivity index (χ3n) is 6.93. The molecule has 2 aromatic rings. The molecule has 0 bridgehead atoms. The first kappa shape index (κ1) is 19.4. The van der Waals surface area contributed by atoms with Crippen molar-refractivity contribution in [1.29, 1.82) is 0 Å². The highest BCUT2D eigenvalue weighted by molar-refractivity contribution is 5.93. The number of nitrogens with one attached hydrogen (secondary N) is 1. The highest BCUT2D eigenvalue weighted by Gasteiger charge is 2.39. The van der Waals surface area contributed by atoms with Crippen molar-refractivity contribution in [3.8, 4) is 5.75 Å². The van der Waals surface area contributed by atoms with Gasteiger partial charge in [-0.15, -0.1) is 0 Å². The van der Waals surface area contributed by atoms with E-state index in [1.807, 2.05) is 4.90 Å². The lowest BCUT2D eigenvalue weighted by atomic mass is 9.89. The summed E-state index contributed by atoms with van der Waals surface area (Å²) in [6.07, 6.45) is 7.95. The number of aromatic nitrogens is 2. The van der Waals surface area contributed by atoms with Crippen LogP contribution in [0.4, 0.5) is 10.1 Å². The fourth-order valence-corrected chi connectivity index (χ4v) is 5.24. The lowest BCUT2D eigenvalue weighted by Crippen LogP contribution is -2.34. The molecule has 1 aromatic carbocycles. The number of benzene rings is 1. The van der Waals surface area contributed by atoms with Crippen molar-refractivity contribution in [2.75, 3.05) is 25.1 Å². The van der Waals surface area contributed by atoms with E-state index in [1.54, 1.807) is 11.5 Å². The number of nitrogens with two attached hydrogens (primary N) is 1. The number of anilines is 1. The highest BCUT2D eigenvalue weighted by Crippen LogP contribution is 2.46. The van der Waals surface area contributed by atoms with E-state index in [4.69, 9.17) is 10.5 Å². The molecular weight excluding hydrogens is 387 g/mol. The van der Waals surface area contributed by atoms with Gasteiger partial charge in [0.25, 0.3) is 5.56 Å². The van der Waals surface area contributed by atoms with Crippen LogP contribution >= 0.6 is 0 Å². The van der Waals surface area contributed by atoms with E-state index >= 15 is 4.39 Å². The Hall–Kier alpha value is -2.61. The number of nitrogens with zero attached hydrogens (tertiary/aromatic N) is 2. The van der Waals surface area contributed by atoms with Gasteiger partial charge in [0.05, 0.1) is 12.5 Å². The van der Waals surface area contributed by atoms with Gasteiger partial charge in [0.1, 0.15) is 11.2 Å². The molecule has 1 aromatic heterocycles. The average Bonchev–Trinajstić information content (AvgIpc) is 3.48. The second-order valence-electron chi connectivity index (χ2n) is 8.81. The van der Waals surface area contributed by atoms with Crippen LogP contribution in [0.15, 0.2) is 21.7 Å². The Kier molecular flexibility index (Phi) is 4.50. The molecule has 3 atom stereocenters. The van der Waals surface area contributed by atoms with E-state index in [0.717, 1.165) is 25.7 Å². The minimum atomic E-state index is -0.579. The molecule has 3 N–H and O–H groups in total. The maximum Gasteiger partial charge on any atom is 0.329 e. The number of allylic oxidation sites excluding steroid dienone is 1. The number of aromatic amines is 1. The van der Waals surface area contributed by atoms with E-state index in [2.05, 4.69) is 17.1 Å². The Labute approximate surface area is 173 Å². The van der Waals surface area contributed by atoms with Gasteiger partial charge in [0.15, 0.2) is 11.6 Å². The Morgan fingerprint density at radius 2 is 2.00 bits per heavy atom. The Balaban J connectivity index is 1.75. The van der Waals surface area contributed by atoms with Crippen LogP contribution in [0.1, 0.15) is 37.3 Å². The number of rotatable bonds is 3. The number of fused-ring (bicyclic) bond motifs is 2. The minimum Gasteiger partial charge on any atom is -0.492 e. The van der Waals surface area contributed by atoms with Crippen LogP contribution in [0.5, 0.6) is 5.75 Å². The molecule has 30 heavy (non-hydrogen) atoms. The third-order valence-corrected chi connectivity index (χ3v) is 6.93. The molecule has 2 fully saturated rings. The highest BCUT2D eigenvalue weighted by atomic mass is 19.1. The fourth-order valence-electron chi connectivity index (χ4n) is 5.24. The summed E-state index contributed by atoms with van der Waals surface area (Å²) in [7, 11) is 1.47. The van der Waals surface area contributed by atoms with Gasteiger partial charge < -0.3 is 15.4 Å². The summed E-state index contributed by atoms with van der Waals surface area (Å²) in [6.45, 7) is 2.84.